The third kappa shape index (κ3) is 6.74. The summed E-state index contributed by atoms with van der Waals surface area (Å²) in [4.78, 5) is 9.44. The zero-order chi connectivity index (χ0) is 41.2. The zero-order valence-corrected chi connectivity index (χ0v) is 31.8. The third-order valence-electron chi connectivity index (χ3n) is 10.4. The Bertz CT molecular complexity index is 3200. The Kier molecular flexibility index (Phi) is 8.83. The van der Waals surface area contributed by atoms with Gasteiger partial charge in [0, 0.05) is 40.2 Å². The first kappa shape index (κ1) is 37.1. The van der Waals surface area contributed by atoms with Crippen LogP contribution in [0.5, 0.6) is 0 Å². The molecule has 0 aliphatic carbocycles. The van der Waals surface area contributed by atoms with E-state index in [-0.39, 0.29) is 23.3 Å². The van der Waals surface area contributed by atoms with E-state index in [9.17, 15) is 26.3 Å². The van der Waals surface area contributed by atoms with Crippen LogP contribution in [0.2, 0.25) is 0 Å². The van der Waals surface area contributed by atoms with E-state index in [1.807, 2.05) is 66.9 Å². The summed E-state index contributed by atoms with van der Waals surface area (Å²) in [7, 11) is 0. The fourth-order valence-corrected chi connectivity index (χ4v) is 8.61. The Balaban J connectivity index is 1.17. The number of rotatable bonds is 6. The first-order valence-corrected chi connectivity index (χ1v) is 19.5. The maximum absolute atomic E-state index is 14.0. The second-order valence-electron chi connectivity index (χ2n) is 14.2. The van der Waals surface area contributed by atoms with Crippen molar-refractivity contribution in [2.24, 2.45) is 0 Å². The van der Waals surface area contributed by atoms with Crippen LogP contribution in [0.1, 0.15) is 11.1 Å². The minimum absolute atomic E-state index is 0.103. The molecule has 0 unspecified atom stereocenters. The van der Waals surface area contributed by atoms with Gasteiger partial charge in [-0.15, -0.1) is 21.5 Å². The average molecular weight is 820 g/mol. The van der Waals surface area contributed by atoms with Crippen molar-refractivity contribution in [3.8, 4) is 61.3 Å². The molecule has 10 aromatic rings. The predicted octanol–water partition coefficient (Wildman–Crippen LogP) is 14.0. The van der Waals surface area contributed by atoms with Gasteiger partial charge in [0.15, 0.2) is 11.6 Å². The van der Waals surface area contributed by atoms with Crippen LogP contribution in [0.15, 0.2) is 164 Å². The van der Waals surface area contributed by atoms with E-state index >= 15 is 0 Å². The summed E-state index contributed by atoms with van der Waals surface area (Å²) in [6.45, 7) is 0. The molecule has 0 radical (unpaired) electrons. The molecule has 292 valence electrons. The molecule has 0 atom stereocenters. The number of thiazole rings is 1. The van der Waals surface area contributed by atoms with Crippen LogP contribution in [0, 0.1) is 0 Å². The van der Waals surface area contributed by atoms with Crippen molar-refractivity contribution in [3.05, 3.63) is 175 Å². The molecule has 12 heteroatoms. The molecule has 0 bridgehead atoms. The van der Waals surface area contributed by atoms with Gasteiger partial charge in [0.2, 0.25) is 0 Å². The second-order valence-corrected chi connectivity index (χ2v) is 15.3. The number of hydrogen-bond acceptors (Lipinski definition) is 5. The number of fused-ring (bicyclic) bond motifs is 4. The van der Waals surface area contributed by atoms with E-state index in [1.54, 1.807) is 53.9 Å². The first-order chi connectivity index (χ1) is 29.0. The van der Waals surface area contributed by atoms with Gasteiger partial charge in [0.05, 0.1) is 21.3 Å². The fourth-order valence-electron chi connectivity index (χ4n) is 7.65. The van der Waals surface area contributed by atoms with E-state index in [0.717, 1.165) is 64.6 Å². The Morgan fingerprint density at radius 2 is 1.13 bits per heavy atom. The minimum Gasteiger partial charge on any atom is -0.275 e. The van der Waals surface area contributed by atoms with Crippen molar-refractivity contribution in [2.75, 3.05) is 0 Å². The molecule has 0 saturated carbocycles. The van der Waals surface area contributed by atoms with Crippen LogP contribution >= 0.6 is 11.3 Å². The summed E-state index contributed by atoms with van der Waals surface area (Å²) in [5.74, 6) is 0.0376. The molecule has 3 heterocycles. The van der Waals surface area contributed by atoms with Gasteiger partial charge in [0.25, 0.3) is 0 Å². The molecule has 60 heavy (non-hydrogen) atoms. The second kappa shape index (κ2) is 14.3. The maximum atomic E-state index is 14.0. The lowest BCUT2D eigenvalue weighted by atomic mass is 9.91. The lowest BCUT2D eigenvalue weighted by Gasteiger charge is -2.16. The molecule has 0 N–H and O–H groups in total. The standard InChI is InChI=1S/C48H27F6N5S/c49-47(50,51)35-23-33(24-36(26-35)48(52,53)54)45-58-57-44(59(45)37-12-2-1-3-13-37)30-11-8-10-28(19-30)31-20-32(22-34(21-31)46-56-42-15-6-7-16-43(42)60-46)40-25-29-9-4-5-14-38(29)41-27-55-18-17-39(40)41/h1-27H. The van der Waals surface area contributed by atoms with E-state index < -0.39 is 23.5 Å². The van der Waals surface area contributed by atoms with E-state index in [0.29, 0.717) is 23.4 Å². The number of nitrogens with zero attached hydrogens (tertiary/aromatic N) is 5. The van der Waals surface area contributed by atoms with Crippen molar-refractivity contribution in [1.29, 1.82) is 0 Å². The number of hydrogen-bond donors (Lipinski definition) is 0. The molecule has 0 spiro atoms. The van der Waals surface area contributed by atoms with Crippen molar-refractivity contribution < 1.29 is 26.3 Å². The van der Waals surface area contributed by atoms with E-state index in [2.05, 4.69) is 51.6 Å². The van der Waals surface area contributed by atoms with Crippen LogP contribution in [0.25, 0.3) is 93.0 Å². The molecule has 7 aromatic carbocycles. The fraction of sp³-hybridized carbons (Fsp3) is 0.0417. The smallest absolute Gasteiger partial charge is 0.275 e. The van der Waals surface area contributed by atoms with Gasteiger partial charge in [-0.2, -0.15) is 26.3 Å². The molecule has 0 aliphatic rings. The van der Waals surface area contributed by atoms with Crippen LogP contribution in [0.3, 0.4) is 0 Å². The number of alkyl halides is 6. The molecule has 0 aliphatic heterocycles. The van der Waals surface area contributed by atoms with E-state index in [4.69, 9.17) is 4.98 Å². The number of halogens is 6. The van der Waals surface area contributed by atoms with Crippen molar-refractivity contribution in [3.63, 3.8) is 0 Å². The minimum atomic E-state index is -5.04. The third-order valence-corrected chi connectivity index (χ3v) is 11.5. The molecule has 10 rings (SSSR count). The summed E-state index contributed by atoms with van der Waals surface area (Å²) in [5.41, 5.74) is 3.04. The summed E-state index contributed by atoms with van der Waals surface area (Å²) in [6, 6.07) is 44.1. The summed E-state index contributed by atoms with van der Waals surface area (Å²) in [5, 5.41) is 13.7. The number of pyridine rings is 1. The summed E-state index contributed by atoms with van der Waals surface area (Å²) >= 11 is 1.59. The van der Waals surface area contributed by atoms with Crippen LogP contribution < -0.4 is 0 Å². The highest BCUT2D eigenvalue weighted by Gasteiger charge is 2.37. The van der Waals surface area contributed by atoms with Crippen LogP contribution in [-0.4, -0.2) is 24.7 Å². The average Bonchev–Trinajstić information content (AvgIpc) is 3.92. The zero-order valence-electron chi connectivity index (χ0n) is 31.0. The van der Waals surface area contributed by atoms with Gasteiger partial charge in [-0.25, -0.2) is 4.98 Å². The lowest BCUT2D eigenvalue weighted by molar-refractivity contribution is -0.143. The Morgan fingerprint density at radius 3 is 1.90 bits per heavy atom. The van der Waals surface area contributed by atoms with Crippen molar-refractivity contribution in [1.82, 2.24) is 24.7 Å². The van der Waals surface area contributed by atoms with Gasteiger partial charge in [-0.05, 0) is 117 Å². The molecule has 3 aromatic heterocycles. The van der Waals surface area contributed by atoms with Crippen molar-refractivity contribution in [2.45, 2.75) is 12.4 Å². The molecule has 0 fully saturated rings. The van der Waals surface area contributed by atoms with Gasteiger partial charge in [-0.1, -0.05) is 72.8 Å². The highest BCUT2D eigenvalue weighted by Crippen LogP contribution is 2.42. The molecule has 0 amide bonds. The summed E-state index contributed by atoms with van der Waals surface area (Å²) < 4.78 is 86.6. The van der Waals surface area contributed by atoms with Gasteiger partial charge in [0.1, 0.15) is 5.01 Å². The largest absolute Gasteiger partial charge is 0.416 e. The summed E-state index contributed by atoms with van der Waals surface area (Å²) in [6.07, 6.45) is -6.43. The van der Waals surface area contributed by atoms with Gasteiger partial charge in [-0.3, -0.25) is 9.55 Å². The van der Waals surface area contributed by atoms with Gasteiger partial charge >= 0.3 is 12.4 Å². The molecule has 5 nitrogen and oxygen atoms in total. The van der Waals surface area contributed by atoms with Crippen molar-refractivity contribution >= 4 is 43.1 Å². The van der Waals surface area contributed by atoms with E-state index in [1.165, 1.54) is 4.57 Å². The highest BCUT2D eigenvalue weighted by molar-refractivity contribution is 7.21. The Hall–Kier alpha value is -7.18. The van der Waals surface area contributed by atoms with Crippen LogP contribution in [0.4, 0.5) is 26.3 Å². The Morgan fingerprint density at radius 1 is 0.483 bits per heavy atom. The topological polar surface area (TPSA) is 56.5 Å². The first-order valence-electron chi connectivity index (χ1n) is 18.7. The highest BCUT2D eigenvalue weighted by atomic mass is 32.1. The van der Waals surface area contributed by atoms with Gasteiger partial charge < -0.3 is 0 Å². The molecular weight excluding hydrogens is 793 g/mol. The number of para-hydroxylation sites is 2. The number of benzene rings is 7. The number of aromatic nitrogens is 5. The quantitative estimate of drug-likeness (QED) is 0.124. The SMILES string of the molecule is FC(F)(F)c1cc(-c2nnc(-c3cccc(-c4cc(-c5nc6ccccc6s5)cc(-c5cc6ccccc6c6cnccc56)c4)c3)n2-c2ccccc2)cc(C(F)(F)F)c1. The molecule has 0 saturated heterocycles. The molecular formula is C48H27F6N5S. The van der Waals surface area contributed by atoms with Crippen LogP contribution in [-0.2, 0) is 12.4 Å². The lowest BCUT2D eigenvalue weighted by Crippen LogP contribution is -2.11. The normalized spacial score (nSPS) is 12.2. The predicted molar refractivity (Wildman–Crippen MR) is 225 cm³/mol. The monoisotopic (exact) mass is 819 g/mol. The maximum Gasteiger partial charge on any atom is 0.416 e. The Labute approximate surface area is 341 Å².